The van der Waals surface area contributed by atoms with Crippen molar-refractivity contribution in [3.63, 3.8) is 0 Å². The molecule has 1 aromatic heterocycles. The van der Waals surface area contributed by atoms with E-state index in [9.17, 15) is 4.79 Å². The third-order valence-corrected chi connectivity index (χ3v) is 2.46. The van der Waals surface area contributed by atoms with Crippen molar-refractivity contribution < 1.29 is 14.4 Å². The average Bonchev–Trinajstić information content (AvgIpc) is 2.56. The summed E-state index contributed by atoms with van der Waals surface area (Å²) in [4.78, 5) is 12.0. The van der Waals surface area contributed by atoms with Gasteiger partial charge in [0.1, 0.15) is 11.5 Å². The van der Waals surface area contributed by atoms with Crippen LogP contribution in [0.25, 0.3) is 0 Å². The van der Waals surface area contributed by atoms with Crippen LogP contribution in [0.5, 0.6) is 0 Å². The predicted molar refractivity (Wildman–Crippen MR) is 63.1 cm³/mol. The van der Waals surface area contributed by atoms with Crippen molar-refractivity contribution in [3.05, 3.63) is 23.2 Å². The lowest BCUT2D eigenvalue weighted by molar-refractivity contribution is 0.0929. The van der Waals surface area contributed by atoms with Gasteiger partial charge in [-0.25, -0.2) is 0 Å². The maximum atomic E-state index is 12.0. The molecular weight excluding hydrogens is 222 g/mol. The largest absolute Gasteiger partial charge is 0.466 e. The van der Waals surface area contributed by atoms with Crippen molar-refractivity contribution in [3.8, 4) is 0 Å². The lowest BCUT2D eigenvalue weighted by Crippen LogP contribution is -2.53. The average molecular weight is 239 g/mol. The van der Waals surface area contributed by atoms with Gasteiger partial charge in [0.05, 0.1) is 11.1 Å². The number of nitrogens with two attached hydrogens (primary N) is 1. The molecule has 6 heteroatoms. The van der Waals surface area contributed by atoms with E-state index in [0.717, 1.165) is 0 Å². The van der Waals surface area contributed by atoms with Crippen LogP contribution in [-0.2, 0) is 0 Å². The van der Waals surface area contributed by atoms with E-state index >= 15 is 0 Å². The highest BCUT2D eigenvalue weighted by Gasteiger charge is 2.27. The number of rotatable bonds is 3. The smallest absolute Gasteiger partial charge is 0.255 e. The van der Waals surface area contributed by atoms with Gasteiger partial charge in [-0.3, -0.25) is 4.79 Å². The van der Waals surface area contributed by atoms with Crippen LogP contribution >= 0.6 is 0 Å². The van der Waals surface area contributed by atoms with Crippen molar-refractivity contribution in [1.29, 1.82) is 0 Å². The molecule has 0 atom stereocenters. The van der Waals surface area contributed by atoms with E-state index in [4.69, 9.17) is 15.4 Å². The molecule has 17 heavy (non-hydrogen) atoms. The molecule has 0 aliphatic heterocycles. The van der Waals surface area contributed by atoms with E-state index in [-0.39, 0.29) is 11.7 Å². The molecule has 0 fully saturated rings. The van der Waals surface area contributed by atoms with Gasteiger partial charge in [-0.05, 0) is 33.8 Å². The zero-order valence-electron chi connectivity index (χ0n) is 10.4. The Morgan fingerprint density at radius 1 is 1.53 bits per heavy atom. The summed E-state index contributed by atoms with van der Waals surface area (Å²) >= 11 is 0. The van der Waals surface area contributed by atoms with Crippen molar-refractivity contribution in [2.45, 2.75) is 33.2 Å². The highest BCUT2D eigenvalue weighted by molar-refractivity contribution is 6.00. The fraction of sp³-hybridized carbons (Fsp3) is 0.455. The molecule has 94 valence electrons. The van der Waals surface area contributed by atoms with Gasteiger partial charge in [0.2, 0.25) is 0 Å². The number of furan rings is 1. The summed E-state index contributed by atoms with van der Waals surface area (Å²) in [6, 6.07) is 1.65. The summed E-state index contributed by atoms with van der Waals surface area (Å²) in [7, 11) is 0. The first kappa shape index (κ1) is 13.1. The Labute approximate surface area is 99.5 Å². The number of hydrogen-bond donors (Lipinski definition) is 3. The van der Waals surface area contributed by atoms with Crippen molar-refractivity contribution in [1.82, 2.24) is 5.32 Å². The number of carbonyl (C=O) groups is 1. The first-order chi connectivity index (χ1) is 7.77. The second kappa shape index (κ2) is 4.48. The fourth-order valence-electron chi connectivity index (χ4n) is 1.40. The lowest BCUT2D eigenvalue weighted by Gasteiger charge is -2.24. The lowest BCUT2D eigenvalue weighted by atomic mass is 10.0. The van der Waals surface area contributed by atoms with Crippen molar-refractivity contribution in [2.24, 2.45) is 10.9 Å². The maximum Gasteiger partial charge on any atom is 0.255 e. The van der Waals surface area contributed by atoms with Gasteiger partial charge in [-0.15, -0.1) is 0 Å². The van der Waals surface area contributed by atoms with Gasteiger partial charge in [-0.1, -0.05) is 5.16 Å². The summed E-state index contributed by atoms with van der Waals surface area (Å²) < 4.78 is 5.27. The summed E-state index contributed by atoms with van der Waals surface area (Å²) in [6.45, 7) is 6.75. The number of carbonyl (C=O) groups excluding carboxylic acids is 1. The molecule has 0 unspecified atom stereocenters. The summed E-state index contributed by atoms with van der Waals surface area (Å²) in [5.41, 5.74) is 5.00. The van der Waals surface area contributed by atoms with E-state index in [1.54, 1.807) is 33.8 Å². The van der Waals surface area contributed by atoms with Crippen LogP contribution in [0.2, 0.25) is 0 Å². The SMILES string of the molecule is Cc1cc(C(=O)NC(C)(C)/C(N)=N/O)c(C)o1. The number of oxime groups is 1. The molecule has 0 aromatic carbocycles. The van der Waals surface area contributed by atoms with Crippen LogP contribution in [0, 0.1) is 13.8 Å². The molecule has 4 N–H and O–H groups in total. The summed E-state index contributed by atoms with van der Waals surface area (Å²) in [5, 5.41) is 14.2. The van der Waals surface area contributed by atoms with E-state index < -0.39 is 5.54 Å². The number of nitrogens with zero attached hydrogens (tertiary/aromatic N) is 1. The van der Waals surface area contributed by atoms with Gasteiger partial charge in [-0.2, -0.15) is 0 Å². The highest BCUT2D eigenvalue weighted by Crippen LogP contribution is 2.15. The predicted octanol–water partition coefficient (Wildman–Crippen LogP) is 1.15. The number of aryl methyl sites for hydroxylation is 2. The van der Waals surface area contributed by atoms with Crippen LogP contribution in [0.3, 0.4) is 0 Å². The summed E-state index contributed by atoms with van der Waals surface area (Å²) in [6.07, 6.45) is 0. The molecule has 0 aliphatic carbocycles. The molecule has 0 radical (unpaired) electrons. The summed E-state index contributed by atoms with van der Waals surface area (Å²) in [5.74, 6) is 0.809. The minimum absolute atomic E-state index is 0.0660. The molecule has 0 spiro atoms. The van der Waals surface area contributed by atoms with Crippen molar-refractivity contribution in [2.75, 3.05) is 0 Å². The van der Waals surface area contributed by atoms with Gasteiger partial charge in [0, 0.05) is 0 Å². The Morgan fingerprint density at radius 2 is 2.12 bits per heavy atom. The van der Waals surface area contributed by atoms with Gasteiger partial charge < -0.3 is 20.7 Å². The first-order valence-electron chi connectivity index (χ1n) is 5.15. The van der Waals surface area contributed by atoms with Crippen molar-refractivity contribution >= 4 is 11.7 Å². The highest BCUT2D eigenvalue weighted by atomic mass is 16.4. The van der Waals surface area contributed by atoms with E-state index in [0.29, 0.717) is 17.1 Å². The Morgan fingerprint density at radius 3 is 2.53 bits per heavy atom. The molecule has 6 nitrogen and oxygen atoms in total. The zero-order chi connectivity index (χ0) is 13.2. The quantitative estimate of drug-likeness (QED) is 0.319. The molecule has 1 rings (SSSR count). The minimum Gasteiger partial charge on any atom is -0.466 e. The molecular formula is C11H17N3O3. The third-order valence-electron chi connectivity index (χ3n) is 2.46. The Balaban J connectivity index is 2.90. The number of amides is 1. The standard InChI is InChI=1S/C11H17N3O3/c1-6-5-8(7(2)17-6)9(15)13-11(3,4)10(12)14-16/h5,16H,1-4H3,(H2,12,14)(H,13,15). The maximum absolute atomic E-state index is 12.0. The van der Waals surface area contributed by atoms with E-state index in [1.165, 1.54) is 0 Å². The van der Waals surface area contributed by atoms with Crippen LogP contribution < -0.4 is 11.1 Å². The Bertz CT molecular complexity index is 461. The Kier molecular flexibility index (Phi) is 3.45. The van der Waals surface area contributed by atoms with E-state index in [2.05, 4.69) is 10.5 Å². The molecule has 0 bridgehead atoms. The van der Waals surface area contributed by atoms with E-state index in [1.807, 2.05) is 0 Å². The van der Waals surface area contributed by atoms with Crippen LogP contribution in [-0.4, -0.2) is 22.5 Å². The molecule has 0 aliphatic rings. The first-order valence-corrected chi connectivity index (χ1v) is 5.15. The normalized spacial score (nSPS) is 12.6. The fourth-order valence-corrected chi connectivity index (χ4v) is 1.40. The molecule has 0 saturated carbocycles. The van der Waals surface area contributed by atoms with Gasteiger partial charge in [0.15, 0.2) is 5.84 Å². The third kappa shape index (κ3) is 2.77. The van der Waals surface area contributed by atoms with Crippen LogP contribution in [0.4, 0.5) is 0 Å². The minimum atomic E-state index is -0.927. The molecule has 1 heterocycles. The molecule has 1 amide bonds. The zero-order valence-corrected chi connectivity index (χ0v) is 10.4. The molecule has 0 saturated heterocycles. The van der Waals surface area contributed by atoms with Gasteiger partial charge >= 0.3 is 0 Å². The Hall–Kier alpha value is -1.98. The second-order valence-electron chi connectivity index (χ2n) is 4.39. The van der Waals surface area contributed by atoms with Crippen LogP contribution in [0.15, 0.2) is 15.6 Å². The topological polar surface area (TPSA) is 101 Å². The number of hydrogen-bond acceptors (Lipinski definition) is 4. The van der Waals surface area contributed by atoms with Gasteiger partial charge in [0.25, 0.3) is 5.91 Å². The number of nitrogens with one attached hydrogen (secondary N) is 1. The van der Waals surface area contributed by atoms with Crippen LogP contribution in [0.1, 0.15) is 35.7 Å². The monoisotopic (exact) mass is 239 g/mol. The number of amidine groups is 1. The molecule has 1 aromatic rings. The second-order valence-corrected chi connectivity index (χ2v) is 4.39.